The highest BCUT2D eigenvalue weighted by atomic mass is 19.4. The molecular weight excluding hydrogens is 327 g/mol. The number of hydrogen-bond donors (Lipinski definition) is 1. The second-order valence-corrected chi connectivity index (χ2v) is 5.86. The Morgan fingerprint density at radius 2 is 2.04 bits per heavy atom. The Kier molecular flexibility index (Phi) is 3.87. The molecular formula is C16H14F3NO4. The molecule has 0 bridgehead atoms. The standard InChI is InChI=1S/C16H14F3NO4/c17-16(18,19)15(23)5-6-20(9-15)13(21)8-11-7-10-3-1-2-4-12(10)14(22)24-11/h1-4,7,23H,5-6,8-9H2. The summed E-state index contributed by atoms with van der Waals surface area (Å²) in [4.78, 5) is 25.0. The highest BCUT2D eigenvalue weighted by Gasteiger charge is 2.57. The minimum absolute atomic E-state index is 0.0751. The molecule has 0 spiro atoms. The van der Waals surface area contributed by atoms with E-state index in [4.69, 9.17) is 4.42 Å². The van der Waals surface area contributed by atoms with Crippen LogP contribution in [0.2, 0.25) is 0 Å². The van der Waals surface area contributed by atoms with E-state index in [1.165, 1.54) is 6.07 Å². The summed E-state index contributed by atoms with van der Waals surface area (Å²) in [6.07, 6.45) is -5.70. The van der Waals surface area contributed by atoms with E-state index in [0.29, 0.717) is 10.8 Å². The molecule has 1 aliphatic rings. The van der Waals surface area contributed by atoms with Crippen LogP contribution in [0.4, 0.5) is 13.2 Å². The lowest BCUT2D eigenvalue weighted by Crippen LogP contribution is -2.48. The molecule has 1 unspecified atom stereocenters. The number of carbonyl (C=O) groups excluding carboxylic acids is 1. The zero-order valence-corrected chi connectivity index (χ0v) is 12.5. The number of β-amino-alcohol motifs (C(OH)–C–C–N with tert-alkyl or cyclic N) is 1. The maximum atomic E-state index is 12.8. The molecule has 0 radical (unpaired) electrons. The second-order valence-electron chi connectivity index (χ2n) is 5.86. The van der Waals surface area contributed by atoms with E-state index in [1.54, 1.807) is 24.3 Å². The van der Waals surface area contributed by atoms with Crippen molar-refractivity contribution >= 4 is 16.7 Å². The Labute approximate surface area is 134 Å². The van der Waals surface area contributed by atoms with Crippen molar-refractivity contribution in [1.82, 2.24) is 4.90 Å². The van der Waals surface area contributed by atoms with Crippen molar-refractivity contribution in [3.63, 3.8) is 0 Å². The summed E-state index contributed by atoms with van der Waals surface area (Å²) in [7, 11) is 0. The molecule has 1 aromatic heterocycles. The fourth-order valence-corrected chi connectivity index (χ4v) is 2.77. The van der Waals surface area contributed by atoms with Crippen LogP contribution in [0, 0.1) is 0 Å². The zero-order chi connectivity index (χ0) is 17.5. The maximum Gasteiger partial charge on any atom is 0.419 e. The van der Waals surface area contributed by atoms with E-state index >= 15 is 0 Å². The van der Waals surface area contributed by atoms with Gasteiger partial charge in [0.25, 0.3) is 0 Å². The molecule has 0 aliphatic carbocycles. The van der Waals surface area contributed by atoms with Crippen molar-refractivity contribution < 1.29 is 27.5 Å². The van der Waals surface area contributed by atoms with Gasteiger partial charge in [-0.05, 0) is 17.5 Å². The smallest absolute Gasteiger partial charge is 0.419 e. The van der Waals surface area contributed by atoms with Crippen molar-refractivity contribution in [2.45, 2.75) is 24.6 Å². The Balaban J connectivity index is 1.78. The SMILES string of the molecule is O=C(Cc1cc2ccccc2c(=O)o1)N1CCC(O)(C(F)(F)F)C1. The number of halogens is 3. The van der Waals surface area contributed by atoms with Gasteiger partial charge in [0.05, 0.1) is 18.4 Å². The van der Waals surface area contributed by atoms with Crippen LogP contribution in [-0.2, 0) is 11.2 Å². The van der Waals surface area contributed by atoms with Gasteiger partial charge in [0.1, 0.15) is 5.76 Å². The quantitative estimate of drug-likeness (QED) is 0.905. The third-order valence-electron chi connectivity index (χ3n) is 4.17. The fourth-order valence-electron chi connectivity index (χ4n) is 2.77. The van der Waals surface area contributed by atoms with E-state index < -0.39 is 36.3 Å². The molecule has 3 rings (SSSR count). The van der Waals surface area contributed by atoms with E-state index in [2.05, 4.69) is 0 Å². The van der Waals surface area contributed by atoms with Crippen LogP contribution in [-0.4, -0.2) is 40.8 Å². The van der Waals surface area contributed by atoms with E-state index in [1.807, 2.05) is 0 Å². The van der Waals surface area contributed by atoms with Crippen LogP contribution in [0.3, 0.4) is 0 Å². The van der Waals surface area contributed by atoms with Crippen molar-refractivity contribution in [1.29, 1.82) is 0 Å². The Morgan fingerprint density at radius 3 is 2.71 bits per heavy atom. The number of likely N-dealkylation sites (tertiary alicyclic amines) is 1. The number of fused-ring (bicyclic) bond motifs is 1. The molecule has 8 heteroatoms. The zero-order valence-electron chi connectivity index (χ0n) is 12.5. The number of rotatable bonds is 2. The number of hydrogen-bond acceptors (Lipinski definition) is 4. The number of carbonyl (C=O) groups is 1. The lowest BCUT2D eigenvalue weighted by Gasteiger charge is -2.25. The summed E-state index contributed by atoms with van der Waals surface area (Å²) in [5.74, 6) is -0.556. The number of alkyl halides is 3. The van der Waals surface area contributed by atoms with Crippen molar-refractivity contribution in [3.05, 3.63) is 46.5 Å². The van der Waals surface area contributed by atoms with Gasteiger partial charge in [-0.3, -0.25) is 4.79 Å². The summed E-state index contributed by atoms with van der Waals surface area (Å²) < 4.78 is 43.4. The maximum absolute atomic E-state index is 12.8. The van der Waals surface area contributed by atoms with Crippen LogP contribution in [0.25, 0.3) is 10.8 Å². The first-order valence-electron chi connectivity index (χ1n) is 7.28. The molecule has 1 atom stereocenters. The average Bonchev–Trinajstić information content (AvgIpc) is 2.91. The summed E-state index contributed by atoms with van der Waals surface area (Å²) in [5, 5.41) is 10.6. The minimum Gasteiger partial charge on any atom is -0.427 e. The van der Waals surface area contributed by atoms with Crippen molar-refractivity contribution in [2.75, 3.05) is 13.1 Å². The molecule has 2 heterocycles. The van der Waals surface area contributed by atoms with Gasteiger partial charge >= 0.3 is 11.8 Å². The van der Waals surface area contributed by atoms with E-state index in [0.717, 1.165) is 4.90 Å². The van der Waals surface area contributed by atoms with Crippen LogP contribution >= 0.6 is 0 Å². The van der Waals surface area contributed by atoms with Gasteiger partial charge in [0.2, 0.25) is 5.91 Å². The Morgan fingerprint density at radius 1 is 1.33 bits per heavy atom. The molecule has 2 aromatic rings. The molecule has 1 fully saturated rings. The highest BCUT2D eigenvalue weighted by molar-refractivity contribution is 5.83. The van der Waals surface area contributed by atoms with Gasteiger partial charge in [-0.2, -0.15) is 13.2 Å². The Hall–Kier alpha value is -2.35. The molecule has 24 heavy (non-hydrogen) atoms. The van der Waals surface area contributed by atoms with E-state index in [9.17, 15) is 27.9 Å². The summed E-state index contributed by atoms with van der Waals surface area (Å²) in [5.41, 5.74) is -3.49. The molecule has 0 saturated carbocycles. The number of amides is 1. The topological polar surface area (TPSA) is 70.8 Å². The van der Waals surface area contributed by atoms with Gasteiger partial charge < -0.3 is 14.4 Å². The summed E-state index contributed by atoms with van der Waals surface area (Å²) in [6, 6.07) is 8.17. The first kappa shape index (κ1) is 16.5. The van der Waals surface area contributed by atoms with Crippen LogP contribution < -0.4 is 5.63 Å². The predicted molar refractivity (Wildman–Crippen MR) is 78.4 cm³/mol. The molecule has 128 valence electrons. The van der Waals surface area contributed by atoms with Gasteiger partial charge in [0.15, 0.2) is 5.60 Å². The first-order valence-corrected chi connectivity index (χ1v) is 7.28. The molecule has 1 N–H and O–H groups in total. The molecule has 5 nitrogen and oxygen atoms in total. The largest absolute Gasteiger partial charge is 0.427 e. The van der Waals surface area contributed by atoms with Crippen molar-refractivity contribution in [3.8, 4) is 0 Å². The highest BCUT2D eigenvalue weighted by Crippen LogP contribution is 2.37. The Bertz CT molecular complexity index is 845. The normalized spacial score (nSPS) is 21.4. The lowest BCUT2D eigenvalue weighted by molar-refractivity contribution is -0.253. The van der Waals surface area contributed by atoms with Gasteiger partial charge in [-0.15, -0.1) is 0 Å². The monoisotopic (exact) mass is 341 g/mol. The molecule has 1 aromatic carbocycles. The first-order chi connectivity index (χ1) is 11.2. The van der Waals surface area contributed by atoms with Crippen molar-refractivity contribution in [2.24, 2.45) is 0 Å². The average molecular weight is 341 g/mol. The summed E-state index contributed by atoms with van der Waals surface area (Å²) >= 11 is 0. The fraction of sp³-hybridized carbons (Fsp3) is 0.375. The van der Waals surface area contributed by atoms with Crippen LogP contribution in [0.1, 0.15) is 12.2 Å². The van der Waals surface area contributed by atoms with Gasteiger partial charge in [0, 0.05) is 13.0 Å². The van der Waals surface area contributed by atoms with Crippen LogP contribution in [0.15, 0.2) is 39.5 Å². The number of benzene rings is 1. The predicted octanol–water partition coefficient (Wildman–Crippen LogP) is 1.86. The van der Waals surface area contributed by atoms with E-state index in [-0.39, 0.29) is 18.7 Å². The minimum atomic E-state index is -4.79. The third kappa shape index (κ3) is 2.89. The summed E-state index contributed by atoms with van der Waals surface area (Å²) in [6.45, 7) is -1.01. The number of aliphatic hydroxyl groups is 1. The molecule has 1 saturated heterocycles. The third-order valence-corrected chi connectivity index (χ3v) is 4.17. The van der Waals surface area contributed by atoms with Crippen LogP contribution in [0.5, 0.6) is 0 Å². The van der Waals surface area contributed by atoms with Gasteiger partial charge in [-0.25, -0.2) is 4.79 Å². The lowest BCUT2D eigenvalue weighted by atomic mass is 10.0. The molecule has 1 aliphatic heterocycles. The number of nitrogens with zero attached hydrogens (tertiary/aromatic N) is 1. The second kappa shape index (κ2) is 5.62. The van der Waals surface area contributed by atoms with Gasteiger partial charge in [-0.1, -0.05) is 18.2 Å². The molecule has 1 amide bonds.